The number of carbonyl (C=O) groups excluding carboxylic acids is 1. The molecule has 8 heteroatoms. The second kappa shape index (κ2) is 9.90. The number of nitrogens with one attached hydrogen (secondary N) is 2. The van der Waals surface area contributed by atoms with Crippen molar-refractivity contribution >= 4 is 30.7 Å². The molecule has 2 aliphatic heterocycles. The van der Waals surface area contributed by atoms with Crippen LogP contribution in [-0.2, 0) is 14.3 Å². The third-order valence-electron chi connectivity index (χ3n) is 4.16. The zero-order chi connectivity index (χ0) is 14.6. The molecule has 0 aromatic heterocycles. The predicted molar refractivity (Wildman–Crippen MR) is 91.2 cm³/mol. The van der Waals surface area contributed by atoms with Crippen molar-refractivity contribution in [2.24, 2.45) is 0 Å². The molecule has 2 heterocycles. The Kier molecular flexibility index (Phi) is 9.85. The van der Waals surface area contributed by atoms with E-state index in [0.29, 0.717) is 13.2 Å². The number of rotatable bonds is 4. The van der Waals surface area contributed by atoms with Crippen molar-refractivity contribution in [3.05, 3.63) is 0 Å². The molecule has 0 saturated carbocycles. The van der Waals surface area contributed by atoms with Crippen LogP contribution in [0.5, 0.6) is 0 Å². The lowest BCUT2D eigenvalue weighted by atomic mass is 10.0. The van der Waals surface area contributed by atoms with Gasteiger partial charge in [0.05, 0.1) is 25.9 Å². The largest absolute Gasteiger partial charge is 0.379 e. The van der Waals surface area contributed by atoms with Crippen LogP contribution in [0, 0.1) is 0 Å². The first kappa shape index (κ1) is 21.9. The molecular weight excluding hydrogens is 329 g/mol. The average molecular weight is 358 g/mol. The molecule has 22 heavy (non-hydrogen) atoms. The third-order valence-corrected chi connectivity index (χ3v) is 4.16. The van der Waals surface area contributed by atoms with Gasteiger partial charge in [-0.1, -0.05) is 0 Å². The number of amides is 1. The number of morpholine rings is 2. The molecule has 2 N–H and O–H groups in total. The summed E-state index contributed by atoms with van der Waals surface area (Å²) in [7, 11) is 0. The van der Waals surface area contributed by atoms with E-state index < -0.39 is 0 Å². The molecule has 6 nitrogen and oxygen atoms in total. The normalized spacial score (nSPS) is 26.5. The smallest absolute Gasteiger partial charge is 0.239 e. The second-order valence-electron chi connectivity index (χ2n) is 6.14. The quantitative estimate of drug-likeness (QED) is 0.764. The molecule has 0 spiro atoms. The van der Waals surface area contributed by atoms with Crippen molar-refractivity contribution in [1.29, 1.82) is 0 Å². The average Bonchev–Trinajstić information content (AvgIpc) is 2.46. The van der Waals surface area contributed by atoms with Gasteiger partial charge < -0.3 is 20.1 Å². The molecule has 2 fully saturated rings. The Bertz CT molecular complexity index is 339. The topological polar surface area (TPSA) is 62.8 Å². The van der Waals surface area contributed by atoms with E-state index in [1.54, 1.807) is 0 Å². The number of hydrogen-bond donors (Lipinski definition) is 2. The molecule has 0 aromatic carbocycles. The molecule has 2 aliphatic rings. The van der Waals surface area contributed by atoms with E-state index in [2.05, 4.69) is 29.4 Å². The summed E-state index contributed by atoms with van der Waals surface area (Å²) in [5, 5.41) is 6.27. The van der Waals surface area contributed by atoms with Crippen molar-refractivity contribution in [2.45, 2.75) is 38.5 Å². The Labute approximate surface area is 145 Å². The first-order valence-electron chi connectivity index (χ1n) is 7.46. The fourth-order valence-corrected chi connectivity index (χ4v) is 2.72. The van der Waals surface area contributed by atoms with Crippen LogP contribution >= 0.6 is 24.8 Å². The van der Waals surface area contributed by atoms with Crippen molar-refractivity contribution in [2.75, 3.05) is 46.0 Å². The molecule has 1 amide bonds. The lowest BCUT2D eigenvalue weighted by Crippen LogP contribution is -2.60. The van der Waals surface area contributed by atoms with Gasteiger partial charge in [0, 0.05) is 31.7 Å². The van der Waals surface area contributed by atoms with E-state index >= 15 is 0 Å². The van der Waals surface area contributed by atoms with Crippen molar-refractivity contribution in [1.82, 2.24) is 15.5 Å². The van der Waals surface area contributed by atoms with Gasteiger partial charge in [0.15, 0.2) is 0 Å². The van der Waals surface area contributed by atoms with Crippen LogP contribution in [0.15, 0.2) is 0 Å². The highest BCUT2D eigenvalue weighted by Crippen LogP contribution is 2.15. The van der Waals surface area contributed by atoms with Crippen molar-refractivity contribution in [3.8, 4) is 0 Å². The van der Waals surface area contributed by atoms with Gasteiger partial charge in [0.25, 0.3) is 0 Å². The maximum atomic E-state index is 12.2. The van der Waals surface area contributed by atoms with Gasteiger partial charge in [-0.05, 0) is 20.8 Å². The summed E-state index contributed by atoms with van der Waals surface area (Å²) in [5.74, 6) is 0.0264. The minimum atomic E-state index is -0.246. The van der Waals surface area contributed by atoms with Gasteiger partial charge >= 0.3 is 0 Å². The first-order chi connectivity index (χ1) is 9.50. The van der Waals surface area contributed by atoms with Crippen LogP contribution in [0.1, 0.15) is 20.8 Å². The maximum Gasteiger partial charge on any atom is 0.239 e. The van der Waals surface area contributed by atoms with Crippen LogP contribution < -0.4 is 10.6 Å². The SMILES string of the molecule is C[C@H]1OCCN[C@@H]1C(=O)NCC(C)(C)N1CCOCC1.Cl.Cl. The minimum Gasteiger partial charge on any atom is -0.379 e. The fraction of sp³-hybridized carbons (Fsp3) is 0.929. The Balaban J connectivity index is 0.00000220. The Morgan fingerprint density at radius 3 is 2.50 bits per heavy atom. The summed E-state index contributed by atoms with van der Waals surface area (Å²) in [5.41, 5.74) is -0.0573. The molecule has 2 saturated heterocycles. The molecule has 132 valence electrons. The van der Waals surface area contributed by atoms with E-state index in [1.165, 1.54) is 0 Å². The minimum absolute atomic E-state index is 0. The third kappa shape index (κ3) is 5.83. The Morgan fingerprint density at radius 1 is 1.27 bits per heavy atom. The Morgan fingerprint density at radius 2 is 1.91 bits per heavy atom. The second-order valence-corrected chi connectivity index (χ2v) is 6.14. The van der Waals surface area contributed by atoms with Crippen LogP contribution in [0.2, 0.25) is 0 Å². The van der Waals surface area contributed by atoms with E-state index in [0.717, 1.165) is 32.8 Å². The Hall–Kier alpha value is -0.110. The van der Waals surface area contributed by atoms with E-state index in [-0.39, 0.29) is 48.4 Å². The predicted octanol–water partition coefficient (Wildman–Crippen LogP) is 0.434. The lowest BCUT2D eigenvalue weighted by Gasteiger charge is -2.41. The van der Waals surface area contributed by atoms with Gasteiger partial charge in [-0.15, -0.1) is 24.8 Å². The van der Waals surface area contributed by atoms with E-state index in [9.17, 15) is 4.79 Å². The molecule has 2 rings (SSSR count). The van der Waals surface area contributed by atoms with Crippen molar-refractivity contribution < 1.29 is 14.3 Å². The summed E-state index contributed by atoms with van der Waals surface area (Å²) in [6.45, 7) is 11.7. The van der Waals surface area contributed by atoms with E-state index in [4.69, 9.17) is 9.47 Å². The first-order valence-corrected chi connectivity index (χ1v) is 7.46. The molecule has 2 atom stereocenters. The molecule has 0 radical (unpaired) electrons. The van der Waals surface area contributed by atoms with E-state index in [1.807, 2.05) is 6.92 Å². The maximum absolute atomic E-state index is 12.2. The standard InChI is InChI=1S/C14H27N3O3.2ClH/c1-11-12(15-4-7-20-11)13(18)16-10-14(2,3)17-5-8-19-9-6-17;;/h11-12,15H,4-10H2,1-3H3,(H,16,18);2*1H/t11-,12+;;/m1../s1. The molecule has 0 aliphatic carbocycles. The fourth-order valence-electron chi connectivity index (χ4n) is 2.72. The van der Waals surface area contributed by atoms with Gasteiger partial charge in [-0.2, -0.15) is 0 Å². The highest BCUT2D eigenvalue weighted by molar-refractivity contribution is 5.85. The van der Waals surface area contributed by atoms with Gasteiger partial charge in [0.2, 0.25) is 5.91 Å². The van der Waals surface area contributed by atoms with Crippen LogP contribution in [0.4, 0.5) is 0 Å². The van der Waals surface area contributed by atoms with Gasteiger partial charge in [-0.25, -0.2) is 0 Å². The summed E-state index contributed by atoms with van der Waals surface area (Å²) in [6.07, 6.45) is -0.0738. The summed E-state index contributed by atoms with van der Waals surface area (Å²) < 4.78 is 10.9. The number of hydrogen-bond acceptors (Lipinski definition) is 5. The van der Waals surface area contributed by atoms with Crippen LogP contribution in [-0.4, -0.2) is 74.5 Å². The molecule has 0 unspecified atom stereocenters. The summed E-state index contributed by atoms with van der Waals surface area (Å²) in [6, 6.07) is -0.246. The highest BCUT2D eigenvalue weighted by Gasteiger charge is 2.32. The number of halogens is 2. The number of nitrogens with zero attached hydrogens (tertiary/aromatic N) is 1. The highest BCUT2D eigenvalue weighted by atomic mass is 35.5. The van der Waals surface area contributed by atoms with Gasteiger partial charge in [-0.3, -0.25) is 9.69 Å². The summed E-state index contributed by atoms with van der Waals surface area (Å²) >= 11 is 0. The molecule has 0 bridgehead atoms. The van der Waals surface area contributed by atoms with Crippen LogP contribution in [0.3, 0.4) is 0 Å². The number of carbonyl (C=O) groups is 1. The zero-order valence-electron chi connectivity index (χ0n) is 13.6. The molecular formula is C14H29Cl2N3O3. The zero-order valence-corrected chi connectivity index (χ0v) is 15.2. The van der Waals surface area contributed by atoms with Gasteiger partial charge in [0.1, 0.15) is 6.04 Å². The number of ether oxygens (including phenoxy) is 2. The van der Waals surface area contributed by atoms with Crippen LogP contribution in [0.25, 0.3) is 0 Å². The van der Waals surface area contributed by atoms with Crippen molar-refractivity contribution in [3.63, 3.8) is 0 Å². The molecule has 0 aromatic rings. The monoisotopic (exact) mass is 357 g/mol. The lowest BCUT2D eigenvalue weighted by molar-refractivity contribution is -0.129. The summed E-state index contributed by atoms with van der Waals surface area (Å²) in [4.78, 5) is 14.6.